The molecule has 1 aromatic heterocycles. The van der Waals surface area contributed by atoms with Crippen LogP contribution in [0.3, 0.4) is 0 Å². The molecule has 2 aromatic rings. The number of aromatic nitrogens is 1. The van der Waals surface area contributed by atoms with Crippen molar-refractivity contribution in [1.29, 1.82) is 0 Å². The number of rotatable bonds is 2. The van der Waals surface area contributed by atoms with Crippen LogP contribution in [0.15, 0.2) is 30.3 Å². The van der Waals surface area contributed by atoms with E-state index >= 15 is 0 Å². The minimum atomic E-state index is -1.93. The highest BCUT2D eigenvalue weighted by Crippen LogP contribution is 2.24. The zero-order chi connectivity index (χ0) is 15.3. The Hall–Kier alpha value is -1.88. The third-order valence-electron chi connectivity index (χ3n) is 2.23. The molecule has 0 unspecified atom stereocenters. The molecule has 0 amide bonds. The summed E-state index contributed by atoms with van der Waals surface area (Å²) in [7, 11) is 0. The maximum absolute atomic E-state index is 13.5. The first-order valence-electron chi connectivity index (χ1n) is 5.81. The topological polar surface area (TPSA) is 30.0 Å². The maximum Gasteiger partial charge on any atom is 0.350 e. The molecule has 0 radical (unpaired) electrons. The largest absolute Gasteiger partial charge is 0.350 e. The Morgan fingerprint density at radius 1 is 1.15 bits per heavy atom. The van der Waals surface area contributed by atoms with Crippen LogP contribution in [0.2, 0.25) is 5.02 Å². The fourth-order valence-corrected chi connectivity index (χ4v) is 1.52. The molecular formula is C14H11ClF3NO. The van der Waals surface area contributed by atoms with Gasteiger partial charge in [-0.15, -0.1) is 0 Å². The van der Waals surface area contributed by atoms with E-state index < -0.39 is 29.1 Å². The maximum atomic E-state index is 13.5. The van der Waals surface area contributed by atoms with Crippen LogP contribution in [0, 0.1) is 11.6 Å². The van der Waals surface area contributed by atoms with Gasteiger partial charge in [0, 0.05) is 16.7 Å². The third-order valence-corrected chi connectivity index (χ3v) is 2.48. The smallest absolute Gasteiger partial charge is 0.254 e. The van der Waals surface area contributed by atoms with Crippen LogP contribution in [-0.2, 0) is 0 Å². The molecule has 106 valence electrons. The van der Waals surface area contributed by atoms with E-state index in [1.165, 1.54) is 24.3 Å². The fraction of sp³-hybridized carbons (Fsp3) is 0.143. The summed E-state index contributed by atoms with van der Waals surface area (Å²) in [5.41, 5.74) is -1.02. The zero-order valence-electron chi connectivity index (χ0n) is 10.8. The minimum absolute atomic E-state index is 0.193. The predicted octanol–water partition coefficient (Wildman–Crippen LogP) is 4.82. The lowest BCUT2D eigenvalue weighted by Gasteiger charge is -2.05. The molecule has 0 aliphatic carbocycles. The number of hydrogen-bond acceptors (Lipinski definition) is 2. The highest BCUT2D eigenvalue weighted by molar-refractivity contribution is 6.30. The third kappa shape index (κ3) is 3.57. The molecule has 0 N–H and O–H groups in total. The second-order valence-corrected chi connectivity index (χ2v) is 3.87. The Kier molecular flexibility index (Phi) is 5.70. The Morgan fingerprint density at radius 2 is 1.70 bits per heavy atom. The molecule has 20 heavy (non-hydrogen) atoms. The lowest BCUT2D eigenvalue weighted by atomic mass is 10.1. The summed E-state index contributed by atoms with van der Waals surface area (Å²) in [6, 6.07) is 4.15. The molecule has 0 saturated carbocycles. The van der Waals surface area contributed by atoms with E-state index in [1.54, 1.807) is 0 Å². The van der Waals surface area contributed by atoms with Gasteiger partial charge in [0.15, 0.2) is 11.6 Å². The van der Waals surface area contributed by atoms with Gasteiger partial charge in [-0.3, -0.25) is 4.79 Å². The summed E-state index contributed by atoms with van der Waals surface area (Å²) in [5, 5.41) is 0.400. The minimum Gasteiger partial charge on any atom is -0.254 e. The second kappa shape index (κ2) is 7.05. The van der Waals surface area contributed by atoms with Gasteiger partial charge in [-0.1, -0.05) is 37.6 Å². The van der Waals surface area contributed by atoms with E-state index in [1.807, 2.05) is 13.8 Å². The molecule has 1 aromatic carbocycles. The fourth-order valence-electron chi connectivity index (χ4n) is 1.40. The van der Waals surface area contributed by atoms with Gasteiger partial charge in [0.1, 0.15) is 11.4 Å². The average molecular weight is 302 g/mol. The molecule has 0 aliphatic heterocycles. The molecular weight excluding hydrogens is 291 g/mol. The van der Waals surface area contributed by atoms with E-state index in [0.717, 1.165) is 0 Å². The number of hydrogen-bond donors (Lipinski definition) is 0. The van der Waals surface area contributed by atoms with E-state index in [0.29, 0.717) is 11.1 Å². The van der Waals surface area contributed by atoms with Gasteiger partial charge in [-0.05, 0) is 12.1 Å². The van der Waals surface area contributed by atoms with Crippen molar-refractivity contribution in [2.45, 2.75) is 13.8 Å². The van der Waals surface area contributed by atoms with Gasteiger partial charge in [0.25, 0.3) is 0 Å². The number of halogens is 4. The van der Waals surface area contributed by atoms with Gasteiger partial charge in [0.2, 0.25) is 0 Å². The Balaban J connectivity index is 0.000000956. The first-order chi connectivity index (χ1) is 9.49. The van der Waals surface area contributed by atoms with E-state index in [9.17, 15) is 18.0 Å². The van der Waals surface area contributed by atoms with Gasteiger partial charge in [-0.25, -0.2) is 13.8 Å². The highest BCUT2D eigenvalue weighted by atomic mass is 35.5. The Bertz CT molecular complexity index is 615. The van der Waals surface area contributed by atoms with Crippen LogP contribution in [0.1, 0.15) is 24.3 Å². The molecule has 0 fully saturated rings. The summed E-state index contributed by atoms with van der Waals surface area (Å²) >= 11 is 5.65. The van der Waals surface area contributed by atoms with Crippen LogP contribution < -0.4 is 0 Å². The first-order valence-corrected chi connectivity index (χ1v) is 6.18. The van der Waals surface area contributed by atoms with Crippen molar-refractivity contribution in [2.24, 2.45) is 0 Å². The van der Waals surface area contributed by atoms with Crippen molar-refractivity contribution in [3.63, 3.8) is 0 Å². The molecule has 2 rings (SSSR count). The second-order valence-electron chi connectivity index (χ2n) is 3.43. The van der Waals surface area contributed by atoms with Crippen molar-refractivity contribution >= 4 is 17.6 Å². The normalized spacial score (nSPS) is 9.70. The summed E-state index contributed by atoms with van der Waals surface area (Å²) in [6.45, 7) is 4.00. The lowest BCUT2D eigenvalue weighted by molar-refractivity contribution is 0.0829. The van der Waals surface area contributed by atoms with Crippen molar-refractivity contribution in [3.8, 4) is 11.3 Å². The van der Waals surface area contributed by atoms with Crippen LogP contribution >= 0.6 is 11.6 Å². The highest BCUT2D eigenvalue weighted by Gasteiger charge is 2.17. The molecule has 0 saturated heterocycles. The van der Waals surface area contributed by atoms with Gasteiger partial charge in [0.05, 0.1) is 0 Å². The van der Waals surface area contributed by atoms with Crippen LogP contribution in [0.5, 0.6) is 0 Å². The summed E-state index contributed by atoms with van der Waals surface area (Å²) in [5.74, 6) is -2.58. The summed E-state index contributed by atoms with van der Waals surface area (Å²) < 4.78 is 39.2. The van der Waals surface area contributed by atoms with E-state index in [2.05, 4.69) is 4.98 Å². The molecule has 0 atom stereocenters. The van der Waals surface area contributed by atoms with Gasteiger partial charge in [-0.2, -0.15) is 4.39 Å². The van der Waals surface area contributed by atoms with Crippen molar-refractivity contribution < 1.29 is 18.0 Å². The average Bonchev–Trinajstić information content (AvgIpc) is 2.45. The van der Waals surface area contributed by atoms with Gasteiger partial charge >= 0.3 is 6.04 Å². The lowest BCUT2D eigenvalue weighted by Crippen LogP contribution is -2.02. The SMILES string of the molecule is CC.O=C(F)c1cc(F)c(F)c(-c2ccc(Cl)cc2)n1. The first kappa shape index (κ1) is 16.2. The Labute approximate surface area is 119 Å². The van der Waals surface area contributed by atoms with Gasteiger partial charge < -0.3 is 0 Å². The van der Waals surface area contributed by atoms with E-state index in [-0.39, 0.29) is 5.56 Å². The number of nitrogens with zero attached hydrogens (tertiary/aromatic N) is 1. The number of benzene rings is 1. The number of carbonyl (C=O) groups is 1. The quantitative estimate of drug-likeness (QED) is 0.745. The monoisotopic (exact) mass is 301 g/mol. The molecule has 6 heteroatoms. The number of pyridine rings is 1. The van der Waals surface area contributed by atoms with Crippen molar-refractivity contribution in [3.05, 3.63) is 52.7 Å². The summed E-state index contributed by atoms with van der Waals surface area (Å²) in [6.07, 6.45) is 0. The molecule has 1 heterocycles. The van der Waals surface area contributed by atoms with E-state index in [4.69, 9.17) is 11.6 Å². The number of carbonyl (C=O) groups excluding carboxylic acids is 1. The molecule has 2 nitrogen and oxygen atoms in total. The molecule has 0 aliphatic rings. The Morgan fingerprint density at radius 3 is 2.20 bits per heavy atom. The van der Waals surface area contributed by atoms with Crippen molar-refractivity contribution in [1.82, 2.24) is 4.98 Å². The molecule has 0 bridgehead atoms. The predicted molar refractivity (Wildman–Crippen MR) is 71.4 cm³/mol. The van der Waals surface area contributed by atoms with Crippen LogP contribution in [0.4, 0.5) is 13.2 Å². The van der Waals surface area contributed by atoms with Crippen molar-refractivity contribution in [2.75, 3.05) is 0 Å². The standard InChI is InChI=1S/C12H5ClF3NO.C2H6/c13-7-3-1-6(2-4-7)11-10(15)8(14)5-9(17-11)12(16)18;1-2/h1-5H;1-2H3. The summed E-state index contributed by atoms with van der Waals surface area (Å²) in [4.78, 5) is 14.0. The zero-order valence-corrected chi connectivity index (χ0v) is 11.5. The molecule has 0 spiro atoms. The van der Waals surface area contributed by atoms with Crippen LogP contribution in [-0.4, -0.2) is 11.0 Å². The van der Waals surface area contributed by atoms with Crippen LogP contribution in [0.25, 0.3) is 11.3 Å².